The Labute approximate surface area is 122 Å². The van der Waals surface area contributed by atoms with Gasteiger partial charge in [-0.15, -0.1) is 0 Å². The fourth-order valence-corrected chi connectivity index (χ4v) is 1.45. The number of hydrogen-bond acceptors (Lipinski definition) is 4. The van der Waals surface area contributed by atoms with Gasteiger partial charge in [0.05, 0.1) is 0 Å². The second kappa shape index (κ2) is 8.01. The Morgan fingerprint density at radius 1 is 1.35 bits per heavy atom. The summed E-state index contributed by atoms with van der Waals surface area (Å²) in [6, 6.07) is 1.32. The average Bonchev–Trinajstić information content (AvgIpc) is 2.45. The molecule has 1 heterocycles. The van der Waals surface area contributed by atoms with Gasteiger partial charge in [0, 0.05) is 10.7 Å². The number of amides is 1. The molecule has 104 valence electrons. The molecule has 20 heavy (non-hydrogen) atoms. The van der Waals surface area contributed by atoms with Crippen LogP contribution in [0, 0.1) is 0 Å². The largest absolute Gasteiger partial charge is 0.325 e. The summed E-state index contributed by atoms with van der Waals surface area (Å²) in [5.74, 6) is -0.417. The lowest BCUT2D eigenvalue weighted by atomic mass is 10.3. The lowest BCUT2D eigenvalue weighted by Gasteiger charge is -2.03. The maximum atomic E-state index is 11.9. The van der Waals surface area contributed by atoms with Crippen LogP contribution >= 0.6 is 11.6 Å². The number of carbonyl (C=O) groups excluding carboxylic acids is 2. The molecule has 0 aliphatic carbocycles. The minimum atomic E-state index is -0.417. The molecule has 1 amide bonds. The molecular formula is C14H14ClN3O2. The van der Waals surface area contributed by atoms with E-state index < -0.39 is 5.91 Å². The van der Waals surface area contributed by atoms with Gasteiger partial charge in [0.1, 0.15) is 17.7 Å². The van der Waals surface area contributed by atoms with Crippen LogP contribution in [0.1, 0.15) is 34.8 Å². The summed E-state index contributed by atoms with van der Waals surface area (Å²) in [7, 11) is 0. The highest BCUT2D eigenvalue weighted by molar-refractivity contribution is 6.31. The number of rotatable bonds is 5. The summed E-state index contributed by atoms with van der Waals surface area (Å²) < 4.78 is 0. The van der Waals surface area contributed by atoms with E-state index >= 15 is 0 Å². The molecular weight excluding hydrogens is 278 g/mol. The molecule has 0 fully saturated rings. The van der Waals surface area contributed by atoms with Gasteiger partial charge < -0.3 is 5.32 Å². The molecule has 0 radical (unpaired) electrons. The van der Waals surface area contributed by atoms with Gasteiger partial charge in [-0.1, -0.05) is 17.7 Å². The average molecular weight is 292 g/mol. The number of allylic oxidation sites excluding steroid dienone is 6. The van der Waals surface area contributed by atoms with Crippen LogP contribution < -0.4 is 5.32 Å². The van der Waals surface area contributed by atoms with Crippen molar-refractivity contribution in [3.63, 3.8) is 0 Å². The van der Waals surface area contributed by atoms with E-state index in [0.29, 0.717) is 17.0 Å². The van der Waals surface area contributed by atoms with E-state index in [4.69, 9.17) is 11.6 Å². The van der Waals surface area contributed by atoms with E-state index in [1.54, 1.807) is 25.2 Å². The van der Waals surface area contributed by atoms with Crippen LogP contribution in [0.3, 0.4) is 0 Å². The Morgan fingerprint density at radius 3 is 2.75 bits per heavy atom. The van der Waals surface area contributed by atoms with E-state index in [1.165, 1.54) is 12.4 Å². The summed E-state index contributed by atoms with van der Waals surface area (Å²) in [4.78, 5) is 29.9. The van der Waals surface area contributed by atoms with Gasteiger partial charge >= 0.3 is 0 Å². The molecule has 1 rings (SSSR count). The zero-order valence-corrected chi connectivity index (χ0v) is 11.9. The number of aldehydes is 1. The van der Waals surface area contributed by atoms with Crippen molar-refractivity contribution in [2.45, 2.75) is 13.8 Å². The predicted molar refractivity (Wildman–Crippen MR) is 77.4 cm³/mol. The van der Waals surface area contributed by atoms with Crippen molar-refractivity contribution >= 4 is 23.8 Å². The zero-order chi connectivity index (χ0) is 15.0. The van der Waals surface area contributed by atoms with Gasteiger partial charge in [-0.05, 0) is 38.1 Å². The minimum absolute atomic E-state index is 0.124. The summed E-state index contributed by atoms with van der Waals surface area (Å²) in [6.07, 6.45) is 8.59. The van der Waals surface area contributed by atoms with Crippen molar-refractivity contribution in [1.82, 2.24) is 15.3 Å². The molecule has 5 nitrogen and oxygen atoms in total. The Balaban J connectivity index is 2.77. The van der Waals surface area contributed by atoms with E-state index in [1.807, 2.05) is 13.0 Å². The molecule has 0 bridgehead atoms. The third-order valence-electron chi connectivity index (χ3n) is 2.17. The molecule has 0 unspecified atom stereocenters. The monoisotopic (exact) mass is 291 g/mol. The number of aromatic nitrogens is 2. The summed E-state index contributed by atoms with van der Waals surface area (Å²) in [5.41, 5.74) is 0.880. The first-order valence-electron chi connectivity index (χ1n) is 5.82. The minimum Gasteiger partial charge on any atom is -0.325 e. The van der Waals surface area contributed by atoms with E-state index in [9.17, 15) is 9.59 Å². The second-order valence-corrected chi connectivity index (χ2v) is 4.24. The number of halogens is 1. The molecule has 1 aromatic heterocycles. The van der Waals surface area contributed by atoms with Crippen LogP contribution in [-0.4, -0.2) is 22.2 Å². The van der Waals surface area contributed by atoms with Crippen LogP contribution in [0.2, 0.25) is 0 Å². The standard InChI is InChI=1S/C14H14ClN3O2/c1-3-4-11(15)6-5-10(2)18-14(20)13-7-12(8-19)16-9-17-13/h3-9H,1-2H3,(H,18,20)/b4-3-,10-5+,11-6+. The van der Waals surface area contributed by atoms with Gasteiger partial charge in [0.2, 0.25) is 0 Å². The van der Waals surface area contributed by atoms with Gasteiger partial charge in [-0.2, -0.15) is 0 Å². The molecule has 0 spiro atoms. The molecule has 1 N–H and O–H groups in total. The normalized spacial score (nSPS) is 12.6. The fourth-order valence-electron chi connectivity index (χ4n) is 1.27. The van der Waals surface area contributed by atoms with Crippen molar-refractivity contribution in [3.05, 3.63) is 58.8 Å². The van der Waals surface area contributed by atoms with Crippen molar-refractivity contribution < 1.29 is 9.59 Å². The first kappa shape index (κ1) is 15.8. The molecule has 0 saturated carbocycles. The molecule has 0 aromatic carbocycles. The van der Waals surface area contributed by atoms with Crippen LogP contribution in [0.15, 0.2) is 47.4 Å². The van der Waals surface area contributed by atoms with E-state index in [0.717, 1.165) is 0 Å². The van der Waals surface area contributed by atoms with Crippen molar-refractivity contribution in [2.24, 2.45) is 0 Å². The number of nitrogens with zero attached hydrogens (tertiary/aromatic N) is 2. The van der Waals surface area contributed by atoms with Gasteiger partial charge in [-0.3, -0.25) is 9.59 Å². The first-order valence-corrected chi connectivity index (χ1v) is 6.20. The number of nitrogens with one attached hydrogen (secondary N) is 1. The Morgan fingerprint density at radius 2 is 2.10 bits per heavy atom. The Hall–Kier alpha value is -2.27. The SMILES string of the molecule is C\C=C/C(Cl)=C\C=C(/C)NC(=O)c1cc(C=O)ncn1. The third kappa shape index (κ3) is 5.16. The molecule has 0 aliphatic heterocycles. The second-order valence-electron chi connectivity index (χ2n) is 3.80. The Kier molecular flexibility index (Phi) is 6.32. The maximum absolute atomic E-state index is 11.9. The van der Waals surface area contributed by atoms with Crippen LogP contribution in [0.25, 0.3) is 0 Å². The Bertz CT molecular complexity index is 592. The molecule has 0 saturated heterocycles. The lowest BCUT2D eigenvalue weighted by molar-refractivity contribution is 0.0961. The summed E-state index contributed by atoms with van der Waals surface area (Å²) in [5, 5.41) is 3.18. The van der Waals surface area contributed by atoms with E-state index in [2.05, 4.69) is 15.3 Å². The molecule has 0 aliphatic rings. The van der Waals surface area contributed by atoms with Gasteiger partial charge in [0.25, 0.3) is 5.91 Å². The van der Waals surface area contributed by atoms with Crippen LogP contribution in [0.4, 0.5) is 0 Å². The number of hydrogen-bond donors (Lipinski definition) is 1. The van der Waals surface area contributed by atoms with E-state index in [-0.39, 0.29) is 11.4 Å². The maximum Gasteiger partial charge on any atom is 0.274 e. The highest BCUT2D eigenvalue weighted by Gasteiger charge is 2.08. The smallest absolute Gasteiger partial charge is 0.274 e. The highest BCUT2D eigenvalue weighted by atomic mass is 35.5. The number of carbonyl (C=O) groups is 2. The molecule has 0 atom stereocenters. The van der Waals surface area contributed by atoms with Crippen molar-refractivity contribution in [2.75, 3.05) is 0 Å². The summed E-state index contributed by atoms with van der Waals surface area (Å²) in [6.45, 7) is 3.57. The highest BCUT2D eigenvalue weighted by Crippen LogP contribution is 2.04. The molecule has 1 aromatic rings. The topological polar surface area (TPSA) is 72.0 Å². The van der Waals surface area contributed by atoms with Crippen LogP contribution in [-0.2, 0) is 0 Å². The lowest BCUT2D eigenvalue weighted by Crippen LogP contribution is -2.22. The van der Waals surface area contributed by atoms with Crippen molar-refractivity contribution in [1.29, 1.82) is 0 Å². The van der Waals surface area contributed by atoms with Crippen LogP contribution in [0.5, 0.6) is 0 Å². The first-order chi connectivity index (χ1) is 9.56. The molecule has 6 heteroatoms. The van der Waals surface area contributed by atoms with Gasteiger partial charge in [-0.25, -0.2) is 9.97 Å². The predicted octanol–water partition coefficient (Wildman–Crippen LogP) is 2.62. The quantitative estimate of drug-likeness (QED) is 0.668. The third-order valence-corrected chi connectivity index (χ3v) is 2.42. The van der Waals surface area contributed by atoms with Crippen molar-refractivity contribution in [3.8, 4) is 0 Å². The fraction of sp³-hybridized carbons (Fsp3) is 0.143. The summed E-state index contributed by atoms with van der Waals surface area (Å²) >= 11 is 5.88. The zero-order valence-electron chi connectivity index (χ0n) is 11.1. The van der Waals surface area contributed by atoms with Gasteiger partial charge in [0.15, 0.2) is 6.29 Å².